The van der Waals surface area contributed by atoms with Crippen LogP contribution in [0.4, 0.5) is 0 Å². The predicted octanol–water partition coefficient (Wildman–Crippen LogP) is 0.665. The van der Waals surface area contributed by atoms with E-state index in [0.717, 1.165) is 16.9 Å². The van der Waals surface area contributed by atoms with Crippen LogP contribution in [0.1, 0.15) is 12.0 Å². The van der Waals surface area contributed by atoms with Crippen LogP contribution in [0.15, 0.2) is 29.8 Å². The van der Waals surface area contributed by atoms with Crippen LogP contribution in [0.5, 0.6) is 5.75 Å². The lowest BCUT2D eigenvalue weighted by atomic mass is 10.00. The minimum absolute atomic E-state index is 0.150. The summed E-state index contributed by atoms with van der Waals surface area (Å²) in [6, 6.07) is 7.35. The Kier molecular flexibility index (Phi) is 2.92. The summed E-state index contributed by atoms with van der Waals surface area (Å²) in [5, 5.41) is 0. The average molecular weight is 218 g/mol. The number of primary amides is 1. The van der Waals surface area contributed by atoms with E-state index in [9.17, 15) is 4.79 Å². The van der Waals surface area contributed by atoms with Gasteiger partial charge in [0.25, 0.3) is 0 Å². The van der Waals surface area contributed by atoms with Crippen LogP contribution in [0.25, 0.3) is 6.08 Å². The molecule has 2 rings (SSSR count). The fraction of sp³-hybridized carbons (Fsp3) is 0.250. The number of para-hydroxylation sites is 1. The van der Waals surface area contributed by atoms with Crippen LogP contribution in [0.3, 0.4) is 0 Å². The molecule has 1 amide bonds. The van der Waals surface area contributed by atoms with E-state index in [1.54, 1.807) is 0 Å². The Morgan fingerprint density at radius 3 is 2.94 bits per heavy atom. The normalized spacial score (nSPS) is 15.7. The molecule has 84 valence electrons. The molecule has 0 radical (unpaired) electrons. The molecule has 0 bridgehead atoms. The molecular formula is C12H14N2O2. The quantitative estimate of drug-likeness (QED) is 0.782. The van der Waals surface area contributed by atoms with Gasteiger partial charge in [0.15, 0.2) is 0 Å². The molecule has 4 N–H and O–H groups in total. The number of hydrogen-bond donors (Lipinski definition) is 2. The Morgan fingerprint density at radius 2 is 2.19 bits per heavy atom. The highest BCUT2D eigenvalue weighted by atomic mass is 16.5. The molecule has 1 heterocycles. The third-order valence-electron chi connectivity index (χ3n) is 2.55. The van der Waals surface area contributed by atoms with Gasteiger partial charge in [-0.1, -0.05) is 18.2 Å². The van der Waals surface area contributed by atoms with Crippen LogP contribution in [0, 0.1) is 0 Å². The largest absolute Gasteiger partial charge is 0.489 e. The molecule has 1 aliphatic heterocycles. The zero-order valence-corrected chi connectivity index (χ0v) is 8.85. The van der Waals surface area contributed by atoms with E-state index in [-0.39, 0.29) is 12.5 Å². The van der Waals surface area contributed by atoms with Gasteiger partial charge in [-0.3, -0.25) is 4.79 Å². The van der Waals surface area contributed by atoms with Gasteiger partial charge in [0.2, 0.25) is 5.91 Å². The Balaban J connectivity index is 2.20. The Hall–Kier alpha value is -1.81. The molecule has 4 heteroatoms. The second-order valence-electron chi connectivity index (χ2n) is 3.82. The molecule has 1 atom stereocenters. The second-order valence-corrected chi connectivity index (χ2v) is 3.82. The van der Waals surface area contributed by atoms with Crippen molar-refractivity contribution in [1.82, 2.24) is 0 Å². The van der Waals surface area contributed by atoms with Crippen molar-refractivity contribution in [2.24, 2.45) is 11.5 Å². The topological polar surface area (TPSA) is 78.3 Å². The zero-order valence-electron chi connectivity index (χ0n) is 8.85. The molecule has 0 saturated carbocycles. The van der Waals surface area contributed by atoms with Crippen LogP contribution >= 0.6 is 0 Å². The molecule has 0 aliphatic carbocycles. The van der Waals surface area contributed by atoms with E-state index in [1.807, 2.05) is 30.3 Å². The smallest absolute Gasteiger partial charge is 0.219 e. The molecule has 1 aromatic rings. The number of nitrogens with two attached hydrogens (primary N) is 2. The number of amides is 1. The molecular weight excluding hydrogens is 204 g/mol. The number of fused-ring (bicyclic) bond motifs is 1. The van der Waals surface area contributed by atoms with Crippen molar-refractivity contribution in [1.29, 1.82) is 0 Å². The van der Waals surface area contributed by atoms with Crippen LogP contribution in [-0.4, -0.2) is 18.6 Å². The standard InChI is InChI=1S/C12H14N2O2/c13-10(6-12(14)15)9-5-8-3-1-2-4-11(8)16-7-9/h1-5,10H,6-7,13H2,(H2,14,15). The molecule has 0 spiro atoms. The first-order chi connectivity index (χ1) is 7.66. The van der Waals surface area contributed by atoms with Crippen LogP contribution in [0.2, 0.25) is 0 Å². The lowest BCUT2D eigenvalue weighted by Crippen LogP contribution is -2.32. The predicted molar refractivity (Wildman–Crippen MR) is 61.7 cm³/mol. The third kappa shape index (κ3) is 2.23. The summed E-state index contributed by atoms with van der Waals surface area (Å²) >= 11 is 0. The van der Waals surface area contributed by atoms with Crippen molar-refractivity contribution in [2.75, 3.05) is 6.61 Å². The molecule has 0 fully saturated rings. The van der Waals surface area contributed by atoms with Gasteiger partial charge in [-0.05, 0) is 17.7 Å². The van der Waals surface area contributed by atoms with Gasteiger partial charge >= 0.3 is 0 Å². The monoisotopic (exact) mass is 218 g/mol. The zero-order chi connectivity index (χ0) is 11.5. The fourth-order valence-corrected chi connectivity index (χ4v) is 1.70. The summed E-state index contributed by atoms with van der Waals surface area (Å²) in [5.74, 6) is 0.449. The van der Waals surface area contributed by atoms with Crippen LogP contribution in [-0.2, 0) is 4.79 Å². The Morgan fingerprint density at radius 1 is 1.44 bits per heavy atom. The minimum atomic E-state index is -0.396. The number of rotatable bonds is 3. The molecule has 1 unspecified atom stereocenters. The summed E-state index contributed by atoms with van der Waals surface area (Å²) in [6.45, 7) is 0.422. The van der Waals surface area contributed by atoms with Gasteiger partial charge in [-0.25, -0.2) is 0 Å². The highest BCUT2D eigenvalue weighted by Crippen LogP contribution is 2.26. The number of ether oxygens (including phenoxy) is 1. The second kappa shape index (κ2) is 4.37. The maximum Gasteiger partial charge on any atom is 0.219 e. The summed E-state index contributed by atoms with van der Waals surface area (Å²) in [4.78, 5) is 10.8. The number of carbonyl (C=O) groups excluding carboxylic acids is 1. The first-order valence-electron chi connectivity index (χ1n) is 5.13. The third-order valence-corrected chi connectivity index (χ3v) is 2.55. The first kappa shape index (κ1) is 10.7. The maximum atomic E-state index is 10.8. The highest BCUT2D eigenvalue weighted by molar-refractivity contribution is 5.75. The van der Waals surface area contributed by atoms with Gasteiger partial charge in [-0.15, -0.1) is 0 Å². The Bertz CT molecular complexity index is 440. The summed E-state index contributed by atoms with van der Waals surface area (Å²) in [7, 11) is 0. The van der Waals surface area contributed by atoms with E-state index >= 15 is 0 Å². The van der Waals surface area contributed by atoms with Gasteiger partial charge in [-0.2, -0.15) is 0 Å². The summed E-state index contributed by atoms with van der Waals surface area (Å²) in [6.07, 6.45) is 2.11. The van der Waals surface area contributed by atoms with Crippen molar-refractivity contribution in [3.63, 3.8) is 0 Å². The molecule has 0 aromatic heterocycles. The molecule has 16 heavy (non-hydrogen) atoms. The van der Waals surface area contributed by atoms with Crippen LogP contribution < -0.4 is 16.2 Å². The number of hydrogen-bond acceptors (Lipinski definition) is 3. The average Bonchev–Trinajstić information content (AvgIpc) is 2.27. The number of carbonyl (C=O) groups is 1. The van der Waals surface area contributed by atoms with Crippen molar-refractivity contribution in [3.05, 3.63) is 35.4 Å². The first-order valence-corrected chi connectivity index (χ1v) is 5.13. The molecule has 0 saturated heterocycles. The lowest BCUT2D eigenvalue weighted by Gasteiger charge is -2.21. The number of benzene rings is 1. The van der Waals surface area contributed by atoms with Crippen molar-refractivity contribution < 1.29 is 9.53 Å². The van der Waals surface area contributed by atoms with Crippen molar-refractivity contribution in [2.45, 2.75) is 12.5 Å². The molecule has 4 nitrogen and oxygen atoms in total. The SMILES string of the molecule is NC(=O)CC(N)C1=Cc2ccccc2OC1. The van der Waals surface area contributed by atoms with E-state index in [2.05, 4.69) is 0 Å². The van der Waals surface area contributed by atoms with Gasteiger partial charge < -0.3 is 16.2 Å². The summed E-state index contributed by atoms with van der Waals surface area (Å²) < 4.78 is 5.54. The van der Waals surface area contributed by atoms with Gasteiger partial charge in [0, 0.05) is 18.0 Å². The minimum Gasteiger partial charge on any atom is -0.489 e. The lowest BCUT2D eigenvalue weighted by molar-refractivity contribution is -0.118. The van der Waals surface area contributed by atoms with E-state index < -0.39 is 5.91 Å². The highest BCUT2D eigenvalue weighted by Gasteiger charge is 2.17. The van der Waals surface area contributed by atoms with Gasteiger partial charge in [0.05, 0.1) is 0 Å². The summed E-state index contributed by atoms with van der Waals surface area (Å²) in [5.41, 5.74) is 12.9. The fourth-order valence-electron chi connectivity index (χ4n) is 1.70. The molecule has 1 aliphatic rings. The van der Waals surface area contributed by atoms with E-state index in [1.165, 1.54) is 0 Å². The maximum absolute atomic E-state index is 10.8. The van der Waals surface area contributed by atoms with E-state index in [4.69, 9.17) is 16.2 Å². The molecule has 1 aromatic carbocycles. The van der Waals surface area contributed by atoms with Gasteiger partial charge in [0.1, 0.15) is 12.4 Å². The van der Waals surface area contributed by atoms with Crippen molar-refractivity contribution in [3.8, 4) is 5.75 Å². The van der Waals surface area contributed by atoms with Crippen molar-refractivity contribution >= 4 is 12.0 Å². The Labute approximate surface area is 93.9 Å². The van der Waals surface area contributed by atoms with E-state index in [0.29, 0.717) is 6.61 Å².